The predicted molar refractivity (Wildman–Crippen MR) is 126 cm³/mol. The second-order valence-electron chi connectivity index (χ2n) is 6.24. The van der Waals surface area contributed by atoms with E-state index in [2.05, 4.69) is 37.4 Å². The van der Waals surface area contributed by atoms with Gasteiger partial charge in [0.2, 0.25) is 0 Å². The van der Waals surface area contributed by atoms with Gasteiger partial charge in [-0.1, -0.05) is 24.3 Å². The Morgan fingerprint density at radius 2 is 0.867 bits per heavy atom. The second kappa shape index (κ2) is 16.5. The molecule has 0 atom stereocenters. The molecule has 0 aliphatic heterocycles. The van der Waals surface area contributed by atoms with Gasteiger partial charge in [0.05, 0.1) is 52.9 Å². The molecule has 0 amide bonds. The molecule has 0 heterocycles. The van der Waals surface area contributed by atoms with E-state index < -0.39 is 0 Å². The van der Waals surface area contributed by atoms with E-state index in [9.17, 15) is 0 Å². The van der Waals surface area contributed by atoms with Gasteiger partial charge in [-0.25, -0.2) is 0 Å². The van der Waals surface area contributed by atoms with E-state index >= 15 is 0 Å². The minimum Gasteiger partial charge on any atom is -0.487 e. The summed E-state index contributed by atoms with van der Waals surface area (Å²) in [4.78, 5) is 0. The molecule has 30 heavy (non-hydrogen) atoms. The fourth-order valence-electron chi connectivity index (χ4n) is 2.62. The molecule has 2 rings (SSSR count). The first kappa shape index (κ1) is 25.1. The van der Waals surface area contributed by atoms with Gasteiger partial charge < -0.3 is 28.4 Å². The average molecular weight is 457 g/mol. The van der Waals surface area contributed by atoms with Gasteiger partial charge in [-0.05, 0) is 22.9 Å². The SMILES string of the molecule is SCCOCCOCCOc1cc2ccccc2cc1OCCOCCOCCS. The minimum atomic E-state index is 0.431. The lowest BCUT2D eigenvalue weighted by molar-refractivity contribution is 0.0378. The van der Waals surface area contributed by atoms with Crippen molar-refractivity contribution in [1.82, 2.24) is 0 Å². The van der Waals surface area contributed by atoms with Gasteiger partial charge in [-0.15, -0.1) is 0 Å². The molecule has 0 saturated heterocycles. The summed E-state index contributed by atoms with van der Waals surface area (Å²) in [6, 6.07) is 12.1. The van der Waals surface area contributed by atoms with Crippen LogP contribution in [-0.4, -0.2) is 77.6 Å². The normalized spacial score (nSPS) is 11.1. The molecular weight excluding hydrogens is 424 g/mol. The highest BCUT2D eigenvalue weighted by molar-refractivity contribution is 7.80. The fraction of sp³-hybridized carbons (Fsp3) is 0.545. The third-order valence-electron chi connectivity index (χ3n) is 4.00. The number of fused-ring (bicyclic) bond motifs is 1. The van der Waals surface area contributed by atoms with E-state index in [0.29, 0.717) is 89.1 Å². The van der Waals surface area contributed by atoms with Crippen molar-refractivity contribution in [2.75, 3.05) is 77.6 Å². The van der Waals surface area contributed by atoms with Crippen LogP contribution in [0.1, 0.15) is 0 Å². The third-order valence-corrected chi connectivity index (χ3v) is 4.36. The molecule has 2 aromatic rings. The Bertz CT molecular complexity index is 642. The van der Waals surface area contributed by atoms with Crippen LogP contribution in [0.15, 0.2) is 36.4 Å². The molecule has 0 aromatic heterocycles. The number of ether oxygens (including phenoxy) is 6. The summed E-state index contributed by atoms with van der Waals surface area (Å²) in [6.07, 6.45) is 0. The summed E-state index contributed by atoms with van der Waals surface area (Å²) in [5.74, 6) is 2.81. The Kier molecular flexibility index (Phi) is 13.8. The molecule has 0 spiro atoms. The topological polar surface area (TPSA) is 55.4 Å². The standard InChI is InChI=1S/C22H32O6S2/c29-15-13-25-7-5-23-9-11-27-21-17-19-3-1-2-4-20(19)18-22(21)28-12-10-24-6-8-26-14-16-30/h1-4,17-18,29-30H,5-16H2. The van der Waals surface area contributed by atoms with Crippen LogP contribution in [0.3, 0.4) is 0 Å². The molecule has 0 fully saturated rings. The number of hydrogen-bond donors (Lipinski definition) is 2. The molecule has 2 aromatic carbocycles. The van der Waals surface area contributed by atoms with Crippen molar-refractivity contribution in [1.29, 1.82) is 0 Å². The smallest absolute Gasteiger partial charge is 0.161 e. The van der Waals surface area contributed by atoms with Gasteiger partial charge in [0.1, 0.15) is 13.2 Å². The summed E-state index contributed by atoms with van der Waals surface area (Å²) in [5.41, 5.74) is 0. The van der Waals surface area contributed by atoms with Crippen molar-refractivity contribution in [3.8, 4) is 11.5 Å². The summed E-state index contributed by atoms with van der Waals surface area (Å²) in [7, 11) is 0. The van der Waals surface area contributed by atoms with Crippen LogP contribution in [-0.2, 0) is 18.9 Å². The van der Waals surface area contributed by atoms with Gasteiger partial charge in [0.15, 0.2) is 11.5 Å². The molecule has 0 N–H and O–H groups in total. The average Bonchev–Trinajstić information content (AvgIpc) is 2.77. The van der Waals surface area contributed by atoms with Crippen LogP contribution in [0.4, 0.5) is 0 Å². The van der Waals surface area contributed by atoms with Crippen molar-refractivity contribution >= 4 is 36.0 Å². The Balaban J connectivity index is 1.77. The van der Waals surface area contributed by atoms with E-state index in [1.165, 1.54) is 0 Å². The van der Waals surface area contributed by atoms with Crippen LogP contribution in [0.2, 0.25) is 0 Å². The quantitative estimate of drug-likeness (QED) is 0.264. The lowest BCUT2D eigenvalue weighted by Gasteiger charge is -2.14. The Morgan fingerprint density at radius 3 is 1.27 bits per heavy atom. The number of hydrogen-bond acceptors (Lipinski definition) is 8. The summed E-state index contributed by atoms with van der Waals surface area (Å²) < 4.78 is 33.6. The van der Waals surface area contributed by atoms with Crippen LogP contribution >= 0.6 is 25.3 Å². The first-order valence-electron chi connectivity index (χ1n) is 10.2. The molecule has 6 nitrogen and oxygen atoms in total. The highest BCUT2D eigenvalue weighted by Gasteiger charge is 2.08. The van der Waals surface area contributed by atoms with Crippen LogP contribution < -0.4 is 9.47 Å². The van der Waals surface area contributed by atoms with Crippen LogP contribution in [0, 0.1) is 0 Å². The largest absolute Gasteiger partial charge is 0.487 e. The summed E-state index contributed by atoms with van der Waals surface area (Å²) in [6.45, 7) is 5.27. The van der Waals surface area contributed by atoms with Crippen molar-refractivity contribution < 1.29 is 28.4 Å². The minimum absolute atomic E-state index is 0.431. The van der Waals surface area contributed by atoms with Crippen molar-refractivity contribution in [3.05, 3.63) is 36.4 Å². The van der Waals surface area contributed by atoms with E-state index in [0.717, 1.165) is 10.8 Å². The second-order valence-corrected chi connectivity index (χ2v) is 7.13. The summed E-state index contributed by atoms with van der Waals surface area (Å²) in [5, 5.41) is 2.19. The van der Waals surface area contributed by atoms with E-state index in [-0.39, 0.29) is 0 Å². The molecular formula is C22H32O6S2. The maximum absolute atomic E-state index is 5.92. The van der Waals surface area contributed by atoms with Crippen LogP contribution in [0.25, 0.3) is 10.8 Å². The molecule has 0 aliphatic rings. The van der Waals surface area contributed by atoms with Gasteiger partial charge in [-0.3, -0.25) is 0 Å². The molecule has 0 aliphatic carbocycles. The highest BCUT2D eigenvalue weighted by Crippen LogP contribution is 2.32. The third kappa shape index (κ3) is 10.2. The maximum atomic E-state index is 5.92. The van der Waals surface area contributed by atoms with E-state index in [4.69, 9.17) is 28.4 Å². The Labute approximate surface area is 189 Å². The lowest BCUT2D eigenvalue weighted by Crippen LogP contribution is -2.13. The van der Waals surface area contributed by atoms with E-state index in [1.807, 2.05) is 24.3 Å². The van der Waals surface area contributed by atoms with Gasteiger partial charge in [0, 0.05) is 11.5 Å². The van der Waals surface area contributed by atoms with Crippen LogP contribution in [0.5, 0.6) is 11.5 Å². The van der Waals surface area contributed by atoms with Gasteiger partial charge in [0.25, 0.3) is 0 Å². The zero-order chi connectivity index (χ0) is 21.3. The molecule has 0 saturated carbocycles. The maximum Gasteiger partial charge on any atom is 0.161 e. The summed E-state index contributed by atoms with van der Waals surface area (Å²) >= 11 is 8.19. The first-order valence-corrected chi connectivity index (χ1v) is 11.4. The predicted octanol–water partition coefficient (Wildman–Crippen LogP) is 3.52. The van der Waals surface area contributed by atoms with Crippen molar-refractivity contribution in [2.45, 2.75) is 0 Å². The van der Waals surface area contributed by atoms with E-state index in [1.54, 1.807) is 0 Å². The molecule has 0 bridgehead atoms. The van der Waals surface area contributed by atoms with Crippen molar-refractivity contribution in [3.63, 3.8) is 0 Å². The first-order chi connectivity index (χ1) is 14.8. The zero-order valence-electron chi connectivity index (χ0n) is 17.3. The monoisotopic (exact) mass is 456 g/mol. The fourth-order valence-corrected chi connectivity index (χ4v) is 2.88. The molecule has 0 unspecified atom stereocenters. The number of thiol groups is 2. The molecule has 8 heteroatoms. The Morgan fingerprint density at radius 1 is 0.500 bits per heavy atom. The molecule has 0 radical (unpaired) electrons. The highest BCUT2D eigenvalue weighted by atomic mass is 32.1. The Hall–Kier alpha value is -1.16. The van der Waals surface area contributed by atoms with Crippen molar-refractivity contribution in [2.24, 2.45) is 0 Å². The molecule has 168 valence electrons. The number of benzene rings is 2. The number of rotatable bonds is 18. The van der Waals surface area contributed by atoms with Gasteiger partial charge in [-0.2, -0.15) is 25.3 Å². The van der Waals surface area contributed by atoms with Gasteiger partial charge >= 0.3 is 0 Å². The zero-order valence-corrected chi connectivity index (χ0v) is 19.1. The lowest BCUT2D eigenvalue weighted by atomic mass is 10.1.